The molecule has 19 heavy (non-hydrogen) atoms. The summed E-state index contributed by atoms with van der Waals surface area (Å²) < 4.78 is 1.20. The molecule has 0 heterocycles. The minimum atomic E-state index is 0.819. The van der Waals surface area contributed by atoms with Crippen molar-refractivity contribution < 1.29 is 0 Å². The Morgan fingerprint density at radius 2 is 1.32 bits per heavy atom. The van der Waals surface area contributed by atoms with E-state index in [1.54, 1.807) is 5.56 Å². The first-order valence-electron chi connectivity index (χ1n) is 7.90. The zero-order chi connectivity index (χ0) is 13.1. The van der Waals surface area contributed by atoms with E-state index >= 15 is 0 Å². The lowest BCUT2D eigenvalue weighted by Gasteiger charge is -2.36. The molecule has 1 aromatic carbocycles. The molecule has 0 bridgehead atoms. The van der Waals surface area contributed by atoms with Gasteiger partial charge < -0.3 is 0 Å². The van der Waals surface area contributed by atoms with Crippen LogP contribution in [-0.2, 0) is 0 Å². The van der Waals surface area contributed by atoms with Gasteiger partial charge in [0.1, 0.15) is 0 Å². The first-order valence-corrected chi connectivity index (χ1v) is 8.69. The first-order chi connectivity index (χ1) is 9.33. The molecule has 0 amide bonds. The molecule has 1 heteroatoms. The molecule has 103 valence electrons. The summed E-state index contributed by atoms with van der Waals surface area (Å²) >= 11 is 3.53. The molecule has 0 saturated heterocycles. The molecule has 0 unspecified atom stereocenters. The zero-order valence-corrected chi connectivity index (χ0v) is 13.2. The Kier molecular flexibility index (Phi) is 4.63. The summed E-state index contributed by atoms with van der Waals surface area (Å²) in [5.74, 6) is 2.88. The maximum Gasteiger partial charge on any atom is 0.0175 e. The summed E-state index contributed by atoms with van der Waals surface area (Å²) in [6, 6.07) is 9.01. The summed E-state index contributed by atoms with van der Waals surface area (Å²) in [6.07, 6.45) is 13.9. The van der Waals surface area contributed by atoms with E-state index in [0.29, 0.717) is 0 Å². The predicted molar refractivity (Wildman–Crippen MR) is 85.1 cm³/mol. The van der Waals surface area contributed by atoms with Crippen molar-refractivity contribution in [3.05, 3.63) is 40.7 Å². The second kappa shape index (κ2) is 6.43. The van der Waals surface area contributed by atoms with Crippen LogP contribution in [-0.4, -0.2) is 0 Å². The molecule has 2 saturated carbocycles. The molecule has 0 atom stereocenters. The van der Waals surface area contributed by atoms with Gasteiger partial charge in [-0.15, -0.1) is 0 Å². The van der Waals surface area contributed by atoms with Gasteiger partial charge in [-0.1, -0.05) is 28.1 Å². The van der Waals surface area contributed by atoms with Crippen LogP contribution >= 0.6 is 15.9 Å². The van der Waals surface area contributed by atoms with E-state index in [2.05, 4.69) is 46.6 Å². The first kappa shape index (κ1) is 13.7. The van der Waals surface area contributed by atoms with Gasteiger partial charge in [0.2, 0.25) is 0 Å². The Labute approximate surface area is 126 Å². The fourth-order valence-electron chi connectivity index (χ4n) is 4.08. The van der Waals surface area contributed by atoms with Gasteiger partial charge in [-0.05, 0) is 93.2 Å². The maximum atomic E-state index is 3.53. The van der Waals surface area contributed by atoms with Gasteiger partial charge in [0.15, 0.2) is 0 Å². The molecule has 0 spiro atoms. The molecule has 2 aliphatic carbocycles. The highest BCUT2D eigenvalue weighted by Gasteiger charge is 2.28. The molecule has 2 fully saturated rings. The van der Waals surface area contributed by atoms with Crippen molar-refractivity contribution in [3.8, 4) is 0 Å². The Hall–Kier alpha value is -0.300. The Morgan fingerprint density at radius 1 is 0.737 bits per heavy atom. The highest BCUT2D eigenvalue weighted by molar-refractivity contribution is 9.10. The molecule has 0 nitrogen and oxygen atoms in total. The van der Waals surface area contributed by atoms with Crippen molar-refractivity contribution in [2.75, 3.05) is 0 Å². The third-order valence-electron chi connectivity index (χ3n) is 5.26. The van der Waals surface area contributed by atoms with Crippen LogP contribution in [0.4, 0.5) is 0 Å². The highest BCUT2D eigenvalue weighted by atomic mass is 79.9. The molecule has 0 aliphatic heterocycles. The van der Waals surface area contributed by atoms with Crippen LogP contribution in [0.15, 0.2) is 28.7 Å². The number of halogens is 1. The van der Waals surface area contributed by atoms with E-state index < -0.39 is 0 Å². The largest absolute Gasteiger partial charge is 0.0576 e. The summed E-state index contributed by atoms with van der Waals surface area (Å²) in [5, 5.41) is 0. The third kappa shape index (κ3) is 3.42. The van der Waals surface area contributed by atoms with Crippen LogP contribution in [0.25, 0.3) is 0 Å². The van der Waals surface area contributed by atoms with E-state index in [-0.39, 0.29) is 0 Å². The zero-order valence-electron chi connectivity index (χ0n) is 11.7. The second-order valence-electron chi connectivity index (χ2n) is 6.37. The smallest absolute Gasteiger partial charge is 0.0175 e. The molecule has 1 radical (unpaired) electrons. The lowest BCUT2D eigenvalue weighted by Crippen LogP contribution is -2.23. The second-order valence-corrected chi connectivity index (χ2v) is 7.28. The van der Waals surface area contributed by atoms with E-state index in [1.807, 2.05) is 0 Å². The summed E-state index contributed by atoms with van der Waals surface area (Å²) in [5.41, 5.74) is 1.55. The number of rotatable bonds is 2. The predicted octanol–water partition coefficient (Wildman–Crippen LogP) is 6.12. The molecule has 2 aliphatic rings. The molecular weight excluding hydrogens is 296 g/mol. The molecule has 3 rings (SSSR count). The van der Waals surface area contributed by atoms with Crippen LogP contribution in [0.5, 0.6) is 0 Å². The number of hydrogen-bond acceptors (Lipinski definition) is 0. The average Bonchev–Trinajstić information content (AvgIpc) is 2.49. The molecule has 0 aromatic heterocycles. The van der Waals surface area contributed by atoms with Crippen LogP contribution in [0, 0.1) is 18.3 Å². The Bertz CT molecular complexity index is 381. The maximum absolute atomic E-state index is 3.53. The van der Waals surface area contributed by atoms with E-state index in [1.165, 1.54) is 55.8 Å². The Balaban J connectivity index is 1.55. The van der Waals surface area contributed by atoms with Crippen molar-refractivity contribution in [2.45, 2.75) is 57.3 Å². The highest BCUT2D eigenvalue weighted by Crippen LogP contribution is 2.42. The molecular formula is C18H24Br. The van der Waals surface area contributed by atoms with Gasteiger partial charge in [0.25, 0.3) is 0 Å². The lowest BCUT2D eigenvalue weighted by atomic mass is 9.70. The summed E-state index contributed by atoms with van der Waals surface area (Å²) in [6.45, 7) is 0. The minimum absolute atomic E-state index is 0.819. The average molecular weight is 320 g/mol. The summed E-state index contributed by atoms with van der Waals surface area (Å²) in [7, 11) is 0. The van der Waals surface area contributed by atoms with Gasteiger partial charge in [-0.25, -0.2) is 0 Å². The van der Waals surface area contributed by atoms with Crippen LogP contribution < -0.4 is 0 Å². The number of hydrogen-bond donors (Lipinski definition) is 0. The summed E-state index contributed by atoms with van der Waals surface area (Å²) in [4.78, 5) is 0. The normalized spacial score (nSPS) is 29.3. The fraction of sp³-hybridized carbons (Fsp3) is 0.611. The topological polar surface area (TPSA) is 0 Å². The Morgan fingerprint density at radius 3 is 1.95 bits per heavy atom. The minimum Gasteiger partial charge on any atom is -0.0576 e. The lowest BCUT2D eigenvalue weighted by molar-refractivity contribution is 0.199. The number of benzene rings is 1. The van der Waals surface area contributed by atoms with E-state index in [4.69, 9.17) is 0 Å². The van der Waals surface area contributed by atoms with Gasteiger partial charge in [0, 0.05) is 4.47 Å². The third-order valence-corrected chi connectivity index (χ3v) is 5.79. The standard InChI is InChI=1S/C18H24Br/c19-18-12-10-17(11-13-18)16-8-6-15(7-9-16)14-4-2-1-3-5-14/h1,10-16H,2-9H2/t15-,16-. The van der Waals surface area contributed by atoms with E-state index in [0.717, 1.165) is 17.8 Å². The fourth-order valence-corrected chi connectivity index (χ4v) is 4.35. The van der Waals surface area contributed by atoms with Crippen LogP contribution in [0.3, 0.4) is 0 Å². The van der Waals surface area contributed by atoms with Gasteiger partial charge in [-0.3, -0.25) is 0 Å². The van der Waals surface area contributed by atoms with Crippen molar-refractivity contribution in [2.24, 2.45) is 11.8 Å². The van der Waals surface area contributed by atoms with Gasteiger partial charge in [0.05, 0.1) is 0 Å². The van der Waals surface area contributed by atoms with Gasteiger partial charge in [-0.2, -0.15) is 0 Å². The molecule has 1 aromatic rings. The SMILES string of the molecule is Brc1ccc([C@H]2CC[C@H](C3CC[CH]CC3)CC2)cc1. The van der Waals surface area contributed by atoms with E-state index in [9.17, 15) is 0 Å². The van der Waals surface area contributed by atoms with Crippen LogP contribution in [0.1, 0.15) is 62.8 Å². The van der Waals surface area contributed by atoms with Crippen molar-refractivity contribution in [3.63, 3.8) is 0 Å². The van der Waals surface area contributed by atoms with Crippen molar-refractivity contribution in [1.29, 1.82) is 0 Å². The van der Waals surface area contributed by atoms with Gasteiger partial charge >= 0.3 is 0 Å². The van der Waals surface area contributed by atoms with Crippen LogP contribution in [0.2, 0.25) is 0 Å². The van der Waals surface area contributed by atoms with Crippen molar-refractivity contribution >= 4 is 15.9 Å². The molecule has 0 N–H and O–H groups in total. The van der Waals surface area contributed by atoms with Crippen molar-refractivity contribution in [1.82, 2.24) is 0 Å². The monoisotopic (exact) mass is 319 g/mol. The quantitative estimate of drug-likeness (QED) is 0.616.